The van der Waals surface area contributed by atoms with Gasteiger partial charge in [-0.3, -0.25) is 0 Å². The summed E-state index contributed by atoms with van der Waals surface area (Å²) in [6, 6.07) is 0. The molecule has 0 radical (unpaired) electrons. The molecule has 0 aromatic rings. The minimum atomic E-state index is -2.48. The molecule has 0 spiro atoms. The van der Waals surface area contributed by atoms with Crippen molar-refractivity contribution in [1.29, 1.82) is 0 Å². The first-order chi connectivity index (χ1) is 11.8. The molecule has 1 N–H and O–H groups in total. The fourth-order valence-corrected chi connectivity index (χ4v) is 4.77. The standard InChI is InChI=1S/C11H23N.C9H17F2N.C2H6/c1-6-9-7-10(2,3)12-11(4,5)8-9;1-7(2)8-4-5-12(3)6-9(8,10)11;1-2/h9,12H,6-8H2,1-5H3;7-8H,4-6H2,1-3H3;1-2H3. The van der Waals surface area contributed by atoms with Gasteiger partial charge in [-0.25, -0.2) is 8.78 Å². The van der Waals surface area contributed by atoms with Gasteiger partial charge in [0.15, 0.2) is 0 Å². The first-order valence-electron chi connectivity index (χ1n) is 10.6. The number of alkyl halides is 2. The second kappa shape index (κ2) is 10.4. The van der Waals surface area contributed by atoms with Crippen LogP contribution in [0.2, 0.25) is 0 Å². The maximum atomic E-state index is 13.3. The van der Waals surface area contributed by atoms with Gasteiger partial charge in [-0.1, -0.05) is 41.0 Å². The lowest BCUT2D eigenvalue weighted by Crippen LogP contribution is -2.57. The highest BCUT2D eigenvalue weighted by Crippen LogP contribution is 2.37. The number of halogens is 2. The Morgan fingerprint density at radius 3 is 1.85 bits per heavy atom. The molecule has 2 heterocycles. The number of nitrogens with zero attached hydrogens (tertiary/aromatic N) is 1. The Kier molecular flexibility index (Phi) is 10.3. The Bertz CT molecular complexity index is 376. The van der Waals surface area contributed by atoms with Gasteiger partial charge in [-0.05, 0) is 72.4 Å². The average Bonchev–Trinajstić information content (AvgIpc) is 2.45. The van der Waals surface area contributed by atoms with E-state index in [0.717, 1.165) is 12.5 Å². The Labute approximate surface area is 162 Å². The van der Waals surface area contributed by atoms with Gasteiger partial charge in [-0.15, -0.1) is 0 Å². The number of piperidine rings is 2. The van der Waals surface area contributed by atoms with Crippen LogP contribution in [0.4, 0.5) is 8.78 Å². The number of hydrogen-bond acceptors (Lipinski definition) is 2. The maximum absolute atomic E-state index is 13.3. The Hall–Kier alpha value is -0.220. The fourth-order valence-electron chi connectivity index (χ4n) is 4.77. The van der Waals surface area contributed by atoms with Gasteiger partial charge < -0.3 is 10.2 Å². The molecule has 2 rings (SSSR count). The van der Waals surface area contributed by atoms with E-state index in [0.29, 0.717) is 17.5 Å². The summed E-state index contributed by atoms with van der Waals surface area (Å²) in [5, 5.41) is 3.70. The zero-order valence-corrected chi connectivity index (χ0v) is 19.2. The van der Waals surface area contributed by atoms with Gasteiger partial charge in [0.2, 0.25) is 0 Å². The maximum Gasteiger partial charge on any atom is 0.263 e. The molecule has 0 amide bonds. The molecular formula is C22H46F2N2. The molecule has 4 heteroatoms. The van der Waals surface area contributed by atoms with Crippen molar-refractivity contribution in [2.45, 2.75) is 105 Å². The van der Waals surface area contributed by atoms with Gasteiger partial charge in [0, 0.05) is 17.0 Å². The minimum absolute atomic E-state index is 0.0736. The molecule has 0 aromatic carbocycles. The normalized spacial score (nSPS) is 27.8. The van der Waals surface area contributed by atoms with Crippen LogP contribution in [0.3, 0.4) is 0 Å². The van der Waals surface area contributed by atoms with Crippen molar-refractivity contribution < 1.29 is 8.78 Å². The third-order valence-electron chi connectivity index (χ3n) is 5.50. The summed E-state index contributed by atoms with van der Waals surface area (Å²) in [7, 11) is 1.75. The van der Waals surface area contributed by atoms with Crippen LogP contribution in [0.25, 0.3) is 0 Å². The van der Waals surface area contributed by atoms with E-state index in [2.05, 4.69) is 39.9 Å². The Balaban J connectivity index is 0.000000439. The summed E-state index contributed by atoms with van der Waals surface area (Å²) < 4.78 is 26.7. The highest BCUT2D eigenvalue weighted by molar-refractivity contribution is 4.96. The minimum Gasteiger partial charge on any atom is -0.307 e. The second-order valence-corrected chi connectivity index (χ2v) is 9.71. The zero-order valence-electron chi connectivity index (χ0n) is 19.2. The number of nitrogens with one attached hydrogen (secondary N) is 1. The molecule has 1 atom stereocenters. The topological polar surface area (TPSA) is 15.3 Å². The SMILES string of the molecule is CC.CC(C)C1CCN(C)CC1(F)F.CCC1CC(C)(C)NC(C)(C)C1. The molecule has 2 nitrogen and oxygen atoms in total. The van der Waals surface area contributed by atoms with Crippen LogP contribution in [-0.2, 0) is 0 Å². The summed E-state index contributed by atoms with van der Waals surface area (Å²) in [5.74, 6) is -1.90. The van der Waals surface area contributed by atoms with Crippen molar-refractivity contribution in [3.8, 4) is 0 Å². The van der Waals surface area contributed by atoms with Gasteiger partial charge >= 0.3 is 0 Å². The molecule has 0 aliphatic carbocycles. The highest BCUT2D eigenvalue weighted by Gasteiger charge is 2.44. The monoisotopic (exact) mass is 376 g/mol. The third kappa shape index (κ3) is 8.65. The smallest absolute Gasteiger partial charge is 0.263 e. The number of hydrogen-bond donors (Lipinski definition) is 1. The van der Waals surface area contributed by atoms with Crippen LogP contribution >= 0.6 is 0 Å². The van der Waals surface area contributed by atoms with E-state index in [-0.39, 0.29) is 12.5 Å². The van der Waals surface area contributed by atoms with Crippen molar-refractivity contribution in [3.05, 3.63) is 0 Å². The fraction of sp³-hybridized carbons (Fsp3) is 1.00. The molecule has 1 unspecified atom stereocenters. The Morgan fingerprint density at radius 2 is 1.50 bits per heavy atom. The van der Waals surface area contributed by atoms with Crippen molar-refractivity contribution in [3.63, 3.8) is 0 Å². The molecular weight excluding hydrogens is 330 g/mol. The number of rotatable bonds is 2. The first-order valence-corrected chi connectivity index (χ1v) is 10.6. The lowest BCUT2D eigenvalue weighted by atomic mass is 9.75. The van der Waals surface area contributed by atoms with E-state index in [4.69, 9.17) is 0 Å². The molecule has 2 fully saturated rings. The summed E-state index contributed by atoms with van der Waals surface area (Å²) in [6.07, 6.45) is 4.61. The zero-order chi connectivity index (χ0) is 20.8. The van der Waals surface area contributed by atoms with Crippen LogP contribution in [0.15, 0.2) is 0 Å². The lowest BCUT2D eigenvalue weighted by Gasteiger charge is -2.46. The van der Waals surface area contributed by atoms with Crippen LogP contribution in [-0.4, -0.2) is 42.0 Å². The van der Waals surface area contributed by atoms with Gasteiger partial charge in [0.1, 0.15) is 0 Å². The van der Waals surface area contributed by atoms with E-state index >= 15 is 0 Å². The predicted molar refractivity (Wildman–Crippen MR) is 111 cm³/mol. The molecule has 2 aliphatic heterocycles. The lowest BCUT2D eigenvalue weighted by molar-refractivity contribution is -0.119. The molecule has 2 aliphatic rings. The first kappa shape index (κ1) is 25.8. The predicted octanol–water partition coefficient (Wildman–Crippen LogP) is 6.21. The van der Waals surface area contributed by atoms with Crippen molar-refractivity contribution in [2.24, 2.45) is 17.8 Å². The summed E-state index contributed by atoms with van der Waals surface area (Å²) in [5.41, 5.74) is 0.671. The van der Waals surface area contributed by atoms with Gasteiger partial charge in [-0.2, -0.15) is 0 Å². The van der Waals surface area contributed by atoms with Crippen LogP contribution < -0.4 is 5.32 Å². The molecule has 0 aromatic heterocycles. The quantitative estimate of drug-likeness (QED) is 0.616. The van der Waals surface area contributed by atoms with Gasteiger partial charge in [0.25, 0.3) is 5.92 Å². The largest absolute Gasteiger partial charge is 0.307 e. The van der Waals surface area contributed by atoms with Crippen LogP contribution in [0.5, 0.6) is 0 Å². The molecule has 0 saturated carbocycles. The average molecular weight is 377 g/mol. The van der Waals surface area contributed by atoms with Gasteiger partial charge in [0.05, 0.1) is 6.54 Å². The van der Waals surface area contributed by atoms with E-state index < -0.39 is 11.8 Å². The van der Waals surface area contributed by atoms with Crippen molar-refractivity contribution in [1.82, 2.24) is 10.2 Å². The molecule has 0 bridgehead atoms. The Morgan fingerprint density at radius 1 is 1.04 bits per heavy atom. The highest BCUT2D eigenvalue weighted by atomic mass is 19.3. The van der Waals surface area contributed by atoms with E-state index in [1.165, 1.54) is 19.3 Å². The molecule has 26 heavy (non-hydrogen) atoms. The van der Waals surface area contributed by atoms with Crippen LogP contribution in [0, 0.1) is 17.8 Å². The molecule has 2 saturated heterocycles. The second-order valence-electron chi connectivity index (χ2n) is 9.71. The summed E-state index contributed by atoms with van der Waals surface area (Å²) >= 11 is 0. The van der Waals surface area contributed by atoms with Crippen molar-refractivity contribution in [2.75, 3.05) is 20.1 Å². The summed E-state index contributed by atoms with van der Waals surface area (Å²) in [4.78, 5) is 1.71. The van der Waals surface area contributed by atoms with Crippen molar-refractivity contribution >= 4 is 0 Å². The van der Waals surface area contributed by atoms with E-state index in [1.807, 2.05) is 27.7 Å². The van der Waals surface area contributed by atoms with E-state index in [9.17, 15) is 8.78 Å². The molecule has 158 valence electrons. The van der Waals surface area contributed by atoms with E-state index in [1.54, 1.807) is 11.9 Å². The summed E-state index contributed by atoms with van der Waals surface area (Å²) in [6.45, 7) is 20.1. The van der Waals surface area contributed by atoms with Crippen LogP contribution in [0.1, 0.15) is 88.0 Å². The third-order valence-corrected chi connectivity index (χ3v) is 5.50. The number of likely N-dealkylation sites (tertiary alicyclic amines) is 1.